The Morgan fingerprint density at radius 3 is 2.55 bits per heavy atom. The van der Waals surface area contributed by atoms with E-state index in [1.165, 1.54) is 31.6 Å². The molecule has 0 aliphatic carbocycles. The standard InChI is InChI=1S/C22H30N4OS2/c1-18-7-9-24(10-8-18)15-19-16-29-22(23-19)26-13-11-25(12-14-26)21(27)17-28-20-5-3-2-4-6-20/h2-6,16,18H,7-15,17H2,1H3. The van der Waals surface area contributed by atoms with Gasteiger partial charge in [-0.15, -0.1) is 23.1 Å². The van der Waals surface area contributed by atoms with Crippen molar-refractivity contribution in [2.45, 2.75) is 31.2 Å². The monoisotopic (exact) mass is 430 g/mol. The zero-order chi connectivity index (χ0) is 20.1. The summed E-state index contributed by atoms with van der Waals surface area (Å²) in [6, 6.07) is 10.1. The lowest BCUT2D eigenvalue weighted by Gasteiger charge is -2.34. The van der Waals surface area contributed by atoms with Crippen LogP contribution in [0.2, 0.25) is 0 Å². The largest absolute Gasteiger partial charge is 0.345 e. The molecule has 0 bridgehead atoms. The molecule has 2 aromatic rings. The molecule has 29 heavy (non-hydrogen) atoms. The zero-order valence-electron chi connectivity index (χ0n) is 17.1. The first-order valence-electron chi connectivity index (χ1n) is 10.5. The molecular formula is C22H30N4OS2. The highest BCUT2D eigenvalue weighted by atomic mass is 32.2. The molecule has 0 saturated carbocycles. The van der Waals surface area contributed by atoms with Crippen molar-refractivity contribution in [1.29, 1.82) is 0 Å². The summed E-state index contributed by atoms with van der Waals surface area (Å²) in [5, 5.41) is 3.32. The molecular weight excluding hydrogens is 400 g/mol. The van der Waals surface area contributed by atoms with Crippen molar-refractivity contribution in [3.05, 3.63) is 41.4 Å². The lowest BCUT2D eigenvalue weighted by molar-refractivity contribution is -0.128. The number of anilines is 1. The van der Waals surface area contributed by atoms with Crippen LogP contribution in [0.4, 0.5) is 5.13 Å². The van der Waals surface area contributed by atoms with E-state index in [2.05, 4.69) is 34.2 Å². The predicted octanol–water partition coefficient (Wildman–Crippen LogP) is 3.82. The number of rotatable bonds is 6. The van der Waals surface area contributed by atoms with Crippen molar-refractivity contribution in [3.8, 4) is 0 Å². The number of aromatic nitrogens is 1. The summed E-state index contributed by atoms with van der Waals surface area (Å²) in [4.78, 5) is 25.4. The summed E-state index contributed by atoms with van der Waals surface area (Å²) in [5.41, 5.74) is 1.19. The van der Waals surface area contributed by atoms with E-state index in [4.69, 9.17) is 4.98 Å². The van der Waals surface area contributed by atoms with Crippen molar-refractivity contribution in [3.63, 3.8) is 0 Å². The summed E-state index contributed by atoms with van der Waals surface area (Å²) in [5.74, 6) is 1.61. The number of nitrogens with zero attached hydrogens (tertiary/aromatic N) is 4. The van der Waals surface area contributed by atoms with E-state index < -0.39 is 0 Å². The quantitative estimate of drug-likeness (QED) is 0.652. The minimum absolute atomic E-state index is 0.234. The Morgan fingerprint density at radius 1 is 1.10 bits per heavy atom. The summed E-state index contributed by atoms with van der Waals surface area (Å²) < 4.78 is 0. The highest BCUT2D eigenvalue weighted by Gasteiger charge is 2.23. The summed E-state index contributed by atoms with van der Waals surface area (Å²) in [7, 11) is 0. The van der Waals surface area contributed by atoms with Gasteiger partial charge in [-0.1, -0.05) is 25.1 Å². The second kappa shape index (κ2) is 9.96. The number of piperidine rings is 1. The molecule has 3 heterocycles. The van der Waals surface area contributed by atoms with Gasteiger partial charge < -0.3 is 9.80 Å². The number of piperazine rings is 1. The normalized spacial score (nSPS) is 18.9. The Kier molecular flexibility index (Phi) is 7.11. The van der Waals surface area contributed by atoms with Gasteiger partial charge in [-0.2, -0.15) is 0 Å². The first-order chi connectivity index (χ1) is 14.2. The maximum atomic E-state index is 12.5. The van der Waals surface area contributed by atoms with Gasteiger partial charge in [0.15, 0.2) is 5.13 Å². The fraction of sp³-hybridized carbons (Fsp3) is 0.545. The Labute approximate surface area is 182 Å². The summed E-state index contributed by atoms with van der Waals surface area (Å²) in [6.45, 7) is 9.01. The van der Waals surface area contributed by atoms with Gasteiger partial charge in [0.25, 0.3) is 0 Å². The molecule has 4 rings (SSSR count). The molecule has 7 heteroatoms. The molecule has 1 amide bonds. The average Bonchev–Trinajstić information content (AvgIpc) is 3.23. The fourth-order valence-corrected chi connectivity index (χ4v) is 5.56. The third-order valence-electron chi connectivity index (χ3n) is 5.81. The molecule has 0 unspecified atom stereocenters. The molecule has 5 nitrogen and oxygen atoms in total. The summed E-state index contributed by atoms with van der Waals surface area (Å²) in [6.07, 6.45) is 2.60. The van der Waals surface area contributed by atoms with E-state index in [0.29, 0.717) is 5.75 Å². The third kappa shape index (κ3) is 5.74. The second-order valence-electron chi connectivity index (χ2n) is 8.05. The van der Waals surface area contributed by atoms with Crippen LogP contribution < -0.4 is 4.90 Å². The number of thiazole rings is 1. The van der Waals surface area contributed by atoms with Crippen LogP contribution in [0.25, 0.3) is 0 Å². The van der Waals surface area contributed by atoms with Gasteiger partial charge in [0.05, 0.1) is 11.4 Å². The molecule has 1 aromatic heterocycles. The number of carbonyl (C=O) groups is 1. The molecule has 2 fully saturated rings. The number of likely N-dealkylation sites (tertiary alicyclic amines) is 1. The van der Waals surface area contributed by atoms with Crippen molar-refractivity contribution in [2.24, 2.45) is 5.92 Å². The lowest BCUT2D eigenvalue weighted by Crippen LogP contribution is -2.49. The van der Waals surface area contributed by atoms with Gasteiger partial charge in [0.1, 0.15) is 0 Å². The van der Waals surface area contributed by atoms with Gasteiger partial charge in [-0.25, -0.2) is 4.98 Å². The van der Waals surface area contributed by atoms with Gasteiger partial charge in [-0.05, 0) is 44.0 Å². The van der Waals surface area contributed by atoms with Crippen LogP contribution in [0.1, 0.15) is 25.5 Å². The van der Waals surface area contributed by atoms with Crippen molar-refractivity contribution >= 4 is 34.1 Å². The SMILES string of the molecule is CC1CCN(Cc2csc(N3CCN(C(=O)CSc4ccccc4)CC3)n2)CC1. The average molecular weight is 431 g/mol. The highest BCUT2D eigenvalue weighted by Crippen LogP contribution is 2.25. The van der Waals surface area contributed by atoms with Gasteiger partial charge >= 0.3 is 0 Å². The van der Waals surface area contributed by atoms with Crippen LogP contribution in [0.3, 0.4) is 0 Å². The second-order valence-corrected chi connectivity index (χ2v) is 9.93. The first kappa shape index (κ1) is 20.7. The topological polar surface area (TPSA) is 39.7 Å². The van der Waals surface area contributed by atoms with E-state index in [0.717, 1.165) is 48.7 Å². The van der Waals surface area contributed by atoms with Crippen LogP contribution in [-0.2, 0) is 11.3 Å². The van der Waals surface area contributed by atoms with Gasteiger partial charge in [0, 0.05) is 43.0 Å². The van der Waals surface area contributed by atoms with Gasteiger partial charge in [0.2, 0.25) is 5.91 Å². The number of amides is 1. The number of thioether (sulfide) groups is 1. The van der Waals surface area contributed by atoms with Crippen molar-refractivity contribution < 1.29 is 4.79 Å². The molecule has 0 atom stereocenters. The van der Waals surface area contributed by atoms with Crippen LogP contribution in [-0.4, -0.2) is 65.7 Å². The Morgan fingerprint density at radius 2 is 1.83 bits per heavy atom. The van der Waals surface area contributed by atoms with E-state index in [1.807, 2.05) is 23.1 Å². The maximum Gasteiger partial charge on any atom is 0.233 e. The van der Waals surface area contributed by atoms with Crippen LogP contribution >= 0.6 is 23.1 Å². The van der Waals surface area contributed by atoms with Crippen molar-refractivity contribution in [1.82, 2.24) is 14.8 Å². The molecule has 156 valence electrons. The Bertz CT molecular complexity index is 781. The first-order valence-corrected chi connectivity index (χ1v) is 12.4. The third-order valence-corrected chi connectivity index (χ3v) is 7.76. The van der Waals surface area contributed by atoms with E-state index in [1.54, 1.807) is 23.1 Å². The minimum atomic E-state index is 0.234. The summed E-state index contributed by atoms with van der Waals surface area (Å²) >= 11 is 3.36. The van der Waals surface area contributed by atoms with E-state index >= 15 is 0 Å². The molecule has 0 spiro atoms. The number of hydrogen-bond donors (Lipinski definition) is 0. The smallest absolute Gasteiger partial charge is 0.233 e. The molecule has 0 radical (unpaired) electrons. The Balaban J connectivity index is 1.22. The maximum absolute atomic E-state index is 12.5. The van der Waals surface area contributed by atoms with Crippen molar-refractivity contribution in [2.75, 3.05) is 49.9 Å². The zero-order valence-corrected chi connectivity index (χ0v) is 18.8. The molecule has 2 aliphatic heterocycles. The number of carbonyl (C=O) groups excluding carboxylic acids is 1. The van der Waals surface area contributed by atoms with Crippen LogP contribution in [0.5, 0.6) is 0 Å². The number of hydrogen-bond acceptors (Lipinski definition) is 6. The highest BCUT2D eigenvalue weighted by molar-refractivity contribution is 8.00. The van der Waals surface area contributed by atoms with E-state index in [9.17, 15) is 4.79 Å². The van der Waals surface area contributed by atoms with Crippen LogP contribution in [0.15, 0.2) is 40.6 Å². The Hall–Kier alpha value is -1.57. The fourth-order valence-electron chi connectivity index (χ4n) is 3.86. The molecule has 2 saturated heterocycles. The van der Waals surface area contributed by atoms with Gasteiger partial charge in [-0.3, -0.25) is 9.69 Å². The van der Waals surface area contributed by atoms with Crippen LogP contribution in [0, 0.1) is 5.92 Å². The molecule has 0 N–H and O–H groups in total. The molecule has 2 aliphatic rings. The minimum Gasteiger partial charge on any atom is -0.345 e. The lowest BCUT2D eigenvalue weighted by atomic mass is 9.99. The van der Waals surface area contributed by atoms with E-state index in [-0.39, 0.29) is 5.91 Å². The molecule has 1 aromatic carbocycles. The predicted molar refractivity (Wildman–Crippen MR) is 122 cm³/mol. The number of benzene rings is 1.